The number of rotatable bonds is 3. The number of hydrogen-bond donors (Lipinski definition) is 1. The van der Waals surface area contributed by atoms with Crippen LogP contribution in [0.1, 0.15) is 16.7 Å². The fourth-order valence-corrected chi connectivity index (χ4v) is 2.88. The molecule has 0 aliphatic carbocycles. The summed E-state index contributed by atoms with van der Waals surface area (Å²) in [7, 11) is 0. The van der Waals surface area contributed by atoms with Gasteiger partial charge in [-0.05, 0) is 12.1 Å². The zero-order valence-corrected chi connectivity index (χ0v) is 15.2. The number of nitrogens with one attached hydrogen (secondary N) is 1. The molecule has 1 N–H and O–H groups in total. The maximum atomic E-state index is 13.3. The number of nitro benzene ring substituents is 1. The Labute approximate surface area is 170 Å². The predicted octanol–water partition coefficient (Wildman–Crippen LogP) is 7.70. The molecule has 0 aliphatic rings. The van der Waals surface area contributed by atoms with Crippen LogP contribution in [-0.2, 0) is 18.5 Å². The van der Waals surface area contributed by atoms with Gasteiger partial charge in [-0.2, -0.15) is 39.5 Å². The third-order valence-electron chi connectivity index (χ3n) is 3.56. The van der Waals surface area contributed by atoms with Gasteiger partial charge in [-0.1, -0.05) is 23.2 Å². The van der Waals surface area contributed by atoms with E-state index in [9.17, 15) is 49.6 Å². The topological polar surface area (TPSA) is 55.2 Å². The van der Waals surface area contributed by atoms with Crippen LogP contribution in [0.2, 0.25) is 10.0 Å². The highest BCUT2D eigenvalue weighted by Gasteiger charge is 2.43. The first-order valence-electron chi connectivity index (χ1n) is 7.23. The fraction of sp³-hybridized carbons (Fsp3) is 0.200. The van der Waals surface area contributed by atoms with Gasteiger partial charge >= 0.3 is 18.5 Å². The minimum absolute atomic E-state index is 0.163. The molecular weight excluding hydrogens is 482 g/mol. The van der Waals surface area contributed by atoms with E-state index in [1.165, 1.54) is 0 Å². The number of benzene rings is 2. The smallest absolute Gasteiger partial charge is 0.352 e. The quantitative estimate of drug-likeness (QED) is 0.274. The summed E-state index contributed by atoms with van der Waals surface area (Å²) < 4.78 is 118. The van der Waals surface area contributed by atoms with Crippen molar-refractivity contribution in [1.29, 1.82) is 0 Å². The summed E-state index contributed by atoms with van der Waals surface area (Å²) in [6, 6.07) is 0.149. The monoisotopic (exact) mass is 486 g/mol. The Balaban J connectivity index is 2.80. The van der Waals surface area contributed by atoms with Gasteiger partial charge in [0, 0.05) is 12.1 Å². The van der Waals surface area contributed by atoms with E-state index in [2.05, 4.69) is 0 Å². The largest absolute Gasteiger partial charge is 0.418 e. The van der Waals surface area contributed by atoms with E-state index >= 15 is 0 Å². The highest BCUT2D eigenvalue weighted by molar-refractivity contribution is 6.39. The molecule has 0 heterocycles. The Morgan fingerprint density at radius 3 is 1.43 bits per heavy atom. The van der Waals surface area contributed by atoms with Crippen molar-refractivity contribution in [2.24, 2.45) is 0 Å². The summed E-state index contributed by atoms with van der Waals surface area (Å²) in [6.45, 7) is 0. The molecule has 0 aliphatic heterocycles. The molecule has 0 atom stereocenters. The molecule has 2 aromatic carbocycles. The first-order valence-corrected chi connectivity index (χ1v) is 7.98. The van der Waals surface area contributed by atoms with Crippen molar-refractivity contribution in [2.75, 3.05) is 5.32 Å². The summed E-state index contributed by atoms with van der Waals surface area (Å²) in [6.07, 6.45) is -16.0. The molecular formula is C15H5Cl2F9N2O2. The number of alkyl halides is 9. The minimum Gasteiger partial charge on any atom is -0.352 e. The van der Waals surface area contributed by atoms with Crippen molar-refractivity contribution in [3.8, 4) is 0 Å². The van der Waals surface area contributed by atoms with Crippen molar-refractivity contribution in [3.63, 3.8) is 0 Å². The van der Waals surface area contributed by atoms with Crippen LogP contribution in [0.4, 0.5) is 56.6 Å². The first-order chi connectivity index (χ1) is 13.4. The van der Waals surface area contributed by atoms with Crippen LogP contribution >= 0.6 is 23.2 Å². The number of nitrogens with zero attached hydrogens (tertiary/aromatic N) is 1. The van der Waals surface area contributed by atoms with Crippen molar-refractivity contribution < 1.29 is 44.4 Å². The molecule has 4 nitrogen and oxygen atoms in total. The van der Waals surface area contributed by atoms with Gasteiger partial charge in [-0.15, -0.1) is 0 Å². The van der Waals surface area contributed by atoms with E-state index in [1.54, 1.807) is 5.32 Å². The van der Waals surface area contributed by atoms with Gasteiger partial charge in [0.05, 0.1) is 43.0 Å². The highest BCUT2D eigenvalue weighted by atomic mass is 35.5. The van der Waals surface area contributed by atoms with E-state index < -0.39 is 67.2 Å². The second kappa shape index (κ2) is 7.69. The molecule has 0 radical (unpaired) electrons. The Kier molecular flexibility index (Phi) is 6.12. The maximum Gasteiger partial charge on any atom is 0.418 e. The van der Waals surface area contributed by atoms with Crippen LogP contribution in [0.25, 0.3) is 0 Å². The van der Waals surface area contributed by atoms with Crippen LogP contribution in [0, 0.1) is 10.1 Å². The average Bonchev–Trinajstić information content (AvgIpc) is 2.54. The molecule has 0 spiro atoms. The van der Waals surface area contributed by atoms with Gasteiger partial charge in [-0.25, -0.2) is 0 Å². The molecule has 2 aromatic rings. The molecule has 2 rings (SSSR count). The highest BCUT2D eigenvalue weighted by Crippen LogP contribution is 2.48. The standard InChI is InChI=1S/C15H5Cl2F9N2O2/c16-9-1-5(13(18,19)20)2-10(17)12(9)27-11-7(14(21,22)23)3-6(28(29)30)4-8(11)15(24,25)26/h1-4,27H. The number of anilines is 2. The zero-order valence-electron chi connectivity index (χ0n) is 13.7. The molecule has 0 fully saturated rings. The third kappa shape index (κ3) is 5.01. The van der Waals surface area contributed by atoms with Crippen LogP contribution < -0.4 is 5.32 Å². The summed E-state index contributed by atoms with van der Waals surface area (Å²) >= 11 is 11.2. The second-order valence-corrected chi connectivity index (χ2v) is 6.42. The van der Waals surface area contributed by atoms with Gasteiger partial charge in [0.1, 0.15) is 0 Å². The summed E-state index contributed by atoms with van der Waals surface area (Å²) in [5.41, 5.74) is -9.73. The van der Waals surface area contributed by atoms with Crippen molar-refractivity contribution in [2.45, 2.75) is 18.5 Å². The van der Waals surface area contributed by atoms with Crippen LogP contribution in [0.5, 0.6) is 0 Å². The van der Waals surface area contributed by atoms with Crippen LogP contribution in [0.15, 0.2) is 24.3 Å². The Bertz CT molecular complexity index is 943. The van der Waals surface area contributed by atoms with Crippen molar-refractivity contribution >= 4 is 40.3 Å². The number of non-ortho nitro benzene ring substituents is 1. The molecule has 0 unspecified atom stereocenters. The normalized spacial score (nSPS) is 12.8. The lowest BCUT2D eigenvalue weighted by atomic mass is 10.0. The third-order valence-corrected chi connectivity index (χ3v) is 4.16. The molecule has 0 saturated carbocycles. The summed E-state index contributed by atoms with van der Waals surface area (Å²) in [5, 5.41) is 10.5. The number of nitro groups is 1. The van der Waals surface area contributed by atoms with Gasteiger partial charge in [0.2, 0.25) is 0 Å². The van der Waals surface area contributed by atoms with Crippen molar-refractivity contribution in [3.05, 3.63) is 61.1 Å². The Hall–Kier alpha value is -2.41. The predicted molar refractivity (Wildman–Crippen MR) is 87.8 cm³/mol. The molecule has 0 bridgehead atoms. The lowest BCUT2D eigenvalue weighted by Gasteiger charge is -2.21. The number of hydrogen-bond acceptors (Lipinski definition) is 3. The van der Waals surface area contributed by atoms with Crippen molar-refractivity contribution in [1.82, 2.24) is 0 Å². The molecule has 0 amide bonds. The lowest BCUT2D eigenvalue weighted by Crippen LogP contribution is -2.17. The van der Waals surface area contributed by atoms with E-state index in [4.69, 9.17) is 23.2 Å². The second-order valence-electron chi connectivity index (χ2n) is 5.61. The molecule has 0 aromatic heterocycles. The minimum atomic E-state index is -5.51. The molecule has 164 valence electrons. The molecule has 15 heteroatoms. The van der Waals surface area contributed by atoms with Crippen LogP contribution in [0.3, 0.4) is 0 Å². The van der Waals surface area contributed by atoms with Gasteiger partial charge in [-0.3, -0.25) is 10.1 Å². The summed E-state index contributed by atoms with van der Waals surface area (Å²) in [5.74, 6) is 0. The fourth-order valence-electron chi connectivity index (χ4n) is 2.30. The Morgan fingerprint density at radius 1 is 0.733 bits per heavy atom. The first kappa shape index (κ1) is 23.9. The lowest BCUT2D eigenvalue weighted by molar-refractivity contribution is -0.385. The van der Waals surface area contributed by atoms with Gasteiger partial charge < -0.3 is 5.32 Å². The van der Waals surface area contributed by atoms with E-state index in [0.717, 1.165) is 0 Å². The van der Waals surface area contributed by atoms with Gasteiger partial charge in [0.25, 0.3) is 5.69 Å². The van der Waals surface area contributed by atoms with E-state index in [-0.39, 0.29) is 24.3 Å². The molecule has 30 heavy (non-hydrogen) atoms. The van der Waals surface area contributed by atoms with Crippen LogP contribution in [-0.4, -0.2) is 4.92 Å². The average molecular weight is 487 g/mol. The summed E-state index contributed by atoms with van der Waals surface area (Å²) in [4.78, 5) is 9.30. The zero-order chi connectivity index (χ0) is 23.2. The van der Waals surface area contributed by atoms with E-state index in [0.29, 0.717) is 0 Å². The maximum absolute atomic E-state index is 13.3. The van der Waals surface area contributed by atoms with Gasteiger partial charge in [0.15, 0.2) is 0 Å². The van der Waals surface area contributed by atoms with E-state index in [1.807, 2.05) is 0 Å². The SMILES string of the molecule is O=[N+]([O-])c1cc(C(F)(F)F)c(Nc2c(Cl)cc(C(F)(F)F)cc2Cl)c(C(F)(F)F)c1. The Morgan fingerprint density at radius 2 is 1.13 bits per heavy atom. The number of halogens is 11. The molecule has 0 saturated heterocycles.